The molecule has 0 heterocycles. The van der Waals surface area contributed by atoms with Crippen LogP contribution in [0.5, 0.6) is 5.75 Å². The summed E-state index contributed by atoms with van der Waals surface area (Å²) < 4.78 is 18.2. The van der Waals surface area contributed by atoms with Crippen LogP contribution < -0.4 is 4.74 Å². The molecular weight excluding hydrogens is 347 g/mol. The van der Waals surface area contributed by atoms with Crippen molar-refractivity contribution in [3.05, 3.63) is 30.1 Å². The minimum Gasteiger partial charge on any atom is -0.491 e. The normalized spacial score (nSPS) is 14.7. The van der Waals surface area contributed by atoms with Crippen molar-refractivity contribution in [2.45, 2.75) is 95.9 Å². The SMILES string of the molecule is CCCC[C@H](O)[C@H](O)CCCCCCCC[C@H](O)COc1ccc(F)cc1. The average molecular weight is 385 g/mol. The number of hydrogen-bond donors (Lipinski definition) is 3. The molecule has 0 aromatic heterocycles. The molecule has 0 saturated heterocycles. The lowest BCUT2D eigenvalue weighted by atomic mass is 10.0. The molecule has 0 unspecified atom stereocenters. The lowest BCUT2D eigenvalue weighted by Gasteiger charge is -2.17. The predicted octanol–water partition coefficient (Wildman–Crippen LogP) is 4.60. The molecule has 0 bridgehead atoms. The highest BCUT2D eigenvalue weighted by Crippen LogP contribution is 2.15. The number of rotatable bonds is 16. The number of ether oxygens (including phenoxy) is 1. The maximum Gasteiger partial charge on any atom is 0.123 e. The number of hydrogen-bond acceptors (Lipinski definition) is 4. The zero-order chi connectivity index (χ0) is 19.9. The van der Waals surface area contributed by atoms with Gasteiger partial charge in [0.1, 0.15) is 18.2 Å². The van der Waals surface area contributed by atoms with Gasteiger partial charge in [0.25, 0.3) is 0 Å². The molecule has 0 radical (unpaired) electrons. The van der Waals surface area contributed by atoms with E-state index >= 15 is 0 Å². The van der Waals surface area contributed by atoms with Crippen LogP contribution in [0.3, 0.4) is 0 Å². The van der Waals surface area contributed by atoms with Gasteiger partial charge in [-0.05, 0) is 43.5 Å². The monoisotopic (exact) mass is 384 g/mol. The molecule has 1 rings (SSSR count). The van der Waals surface area contributed by atoms with Crippen molar-refractivity contribution in [1.29, 1.82) is 0 Å². The van der Waals surface area contributed by atoms with E-state index < -0.39 is 18.3 Å². The molecule has 5 heteroatoms. The Hall–Kier alpha value is -1.17. The molecule has 3 atom stereocenters. The summed E-state index contributed by atoms with van der Waals surface area (Å²) >= 11 is 0. The first-order valence-electron chi connectivity index (χ1n) is 10.5. The molecule has 27 heavy (non-hydrogen) atoms. The lowest BCUT2D eigenvalue weighted by molar-refractivity contribution is 0.00737. The highest BCUT2D eigenvalue weighted by molar-refractivity contribution is 5.22. The quantitative estimate of drug-likeness (QED) is 0.364. The van der Waals surface area contributed by atoms with E-state index in [9.17, 15) is 19.7 Å². The van der Waals surface area contributed by atoms with Crippen molar-refractivity contribution in [2.24, 2.45) is 0 Å². The minimum atomic E-state index is -0.590. The highest BCUT2D eigenvalue weighted by Gasteiger charge is 2.14. The topological polar surface area (TPSA) is 69.9 Å². The Labute approximate surface area is 163 Å². The van der Waals surface area contributed by atoms with Gasteiger partial charge in [-0.2, -0.15) is 0 Å². The largest absolute Gasteiger partial charge is 0.491 e. The summed E-state index contributed by atoms with van der Waals surface area (Å²) in [6.45, 7) is 2.31. The van der Waals surface area contributed by atoms with Gasteiger partial charge in [0.05, 0.1) is 18.3 Å². The Morgan fingerprint density at radius 3 is 1.89 bits per heavy atom. The van der Waals surface area contributed by atoms with Crippen LogP contribution in [-0.2, 0) is 0 Å². The van der Waals surface area contributed by atoms with Crippen LogP contribution >= 0.6 is 0 Å². The Kier molecular flexibility index (Phi) is 13.1. The molecule has 0 aliphatic heterocycles. The van der Waals surface area contributed by atoms with Gasteiger partial charge in [-0.15, -0.1) is 0 Å². The van der Waals surface area contributed by atoms with E-state index in [0.29, 0.717) is 25.0 Å². The summed E-state index contributed by atoms with van der Waals surface area (Å²) in [4.78, 5) is 0. The van der Waals surface area contributed by atoms with Crippen LogP contribution in [0.15, 0.2) is 24.3 Å². The third kappa shape index (κ3) is 12.0. The highest BCUT2D eigenvalue weighted by atomic mass is 19.1. The van der Waals surface area contributed by atoms with Crippen molar-refractivity contribution >= 4 is 0 Å². The fourth-order valence-corrected chi connectivity index (χ4v) is 3.05. The van der Waals surface area contributed by atoms with Gasteiger partial charge in [0.2, 0.25) is 0 Å². The van der Waals surface area contributed by atoms with Gasteiger partial charge < -0.3 is 20.1 Å². The maximum absolute atomic E-state index is 12.8. The second-order valence-electron chi connectivity index (χ2n) is 7.39. The zero-order valence-corrected chi connectivity index (χ0v) is 16.7. The van der Waals surface area contributed by atoms with Crippen LogP contribution in [0.2, 0.25) is 0 Å². The van der Waals surface area contributed by atoms with Gasteiger partial charge in [-0.3, -0.25) is 0 Å². The van der Waals surface area contributed by atoms with Crippen molar-refractivity contribution in [1.82, 2.24) is 0 Å². The van der Waals surface area contributed by atoms with E-state index in [1.807, 2.05) is 0 Å². The standard InChI is InChI=1S/C22H37FO4/c1-2-3-11-21(25)22(26)12-9-7-5-4-6-8-10-19(24)17-27-20-15-13-18(23)14-16-20/h13-16,19,21-22,24-26H,2-12,17H2,1H3/t19-,21-,22+/m0/s1. The van der Waals surface area contributed by atoms with E-state index in [4.69, 9.17) is 4.74 Å². The van der Waals surface area contributed by atoms with Gasteiger partial charge >= 0.3 is 0 Å². The van der Waals surface area contributed by atoms with Crippen LogP contribution in [0, 0.1) is 5.82 Å². The number of unbranched alkanes of at least 4 members (excludes halogenated alkanes) is 6. The van der Waals surface area contributed by atoms with E-state index in [2.05, 4.69) is 6.92 Å². The Balaban J connectivity index is 1.93. The molecule has 156 valence electrons. The third-order valence-electron chi connectivity index (χ3n) is 4.84. The fraction of sp³-hybridized carbons (Fsp3) is 0.727. The summed E-state index contributed by atoms with van der Waals surface area (Å²) in [5.74, 6) is 0.266. The van der Waals surface area contributed by atoms with E-state index in [1.165, 1.54) is 12.1 Å². The maximum atomic E-state index is 12.8. The summed E-state index contributed by atoms with van der Waals surface area (Å²) in [7, 11) is 0. The van der Waals surface area contributed by atoms with Crippen molar-refractivity contribution in [3.63, 3.8) is 0 Å². The molecular formula is C22H37FO4. The predicted molar refractivity (Wildman–Crippen MR) is 106 cm³/mol. The minimum absolute atomic E-state index is 0.226. The second kappa shape index (κ2) is 14.8. The molecule has 1 aromatic carbocycles. The molecule has 0 fully saturated rings. The van der Waals surface area contributed by atoms with Gasteiger partial charge in [-0.1, -0.05) is 58.3 Å². The molecule has 1 aromatic rings. The molecule has 0 aliphatic rings. The summed E-state index contributed by atoms with van der Waals surface area (Å²) in [6.07, 6.45) is 8.62. The van der Waals surface area contributed by atoms with Gasteiger partial charge in [0, 0.05) is 0 Å². The van der Waals surface area contributed by atoms with E-state index in [1.54, 1.807) is 12.1 Å². The summed E-state index contributed by atoms with van der Waals surface area (Å²) in [5.41, 5.74) is 0. The lowest BCUT2D eigenvalue weighted by Crippen LogP contribution is -2.25. The Morgan fingerprint density at radius 2 is 1.30 bits per heavy atom. The first-order valence-corrected chi connectivity index (χ1v) is 10.5. The first-order chi connectivity index (χ1) is 13.0. The van der Waals surface area contributed by atoms with Crippen LogP contribution in [0.4, 0.5) is 4.39 Å². The molecule has 0 aliphatic carbocycles. The first kappa shape index (κ1) is 23.9. The number of aliphatic hydroxyl groups is 3. The summed E-state index contributed by atoms with van der Waals surface area (Å²) in [5, 5.41) is 29.6. The van der Waals surface area contributed by atoms with Crippen LogP contribution in [0.25, 0.3) is 0 Å². The molecule has 4 nitrogen and oxygen atoms in total. The van der Waals surface area contributed by atoms with Crippen LogP contribution in [-0.4, -0.2) is 40.2 Å². The van der Waals surface area contributed by atoms with Gasteiger partial charge in [0.15, 0.2) is 0 Å². The molecule has 0 spiro atoms. The Bertz CT molecular complexity index is 466. The number of benzene rings is 1. The van der Waals surface area contributed by atoms with Gasteiger partial charge in [-0.25, -0.2) is 4.39 Å². The number of halogens is 1. The van der Waals surface area contributed by atoms with Crippen molar-refractivity contribution in [3.8, 4) is 5.75 Å². The number of aliphatic hydroxyl groups excluding tert-OH is 3. The molecule has 3 N–H and O–H groups in total. The molecule has 0 amide bonds. The van der Waals surface area contributed by atoms with Crippen molar-refractivity contribution in [2.75, 3.05) is 6.61 Å². The van der Waals surface area contributed by atoms with Crippen molar-refractivity contribution < 1.29 is 24.4 Å². The summed E-state index contributed by atoms with van der Waals surface area (Å²) in [6, 6.07) is 5.79. The van der Waals surface area contributed by atoms with E-state index in [-0.39, 0.29) is 12.4 Å². The Morgan fingerprint density at radius 1 is 0.778 bits per heavy atom. The zero-order valence-electron chi connectivity index (χ0n) is 16.7. The van der Waals surface area contributed by atoms with Crippen LogP contribution in [0.1, 0.15) is 77.6 Å². The van der Waals surface area contributed by atoms with E-state index in [0.717, 1.165) is 51.4 Å². The smallest absolute Gasteiger partial charge is 0.123 e. The second-order valence-corrected chi connectivity index (χ2v) is 7.39. The molecule has 0 saturated carbocycles. The average Bonchev–Trinajstić information content (AvgIpc) is 2.67. The fourth-order valence-electron chi connectivity index (χ4n) is 3.05. The third-order valence-corrected chi connectivity index (χ3v) is 4.84.